The predicted molar refractivity (Wildman–Crippen MR) is 125 cm³/mol. The minimum Gasteiger partial charge on any atom is -0.352 e. The summed E-state index contributed by atoms with van der Waals surface area (Å²) in [6, 6.07) is -0.133. The number of carbonyl (C=O) groups excluding carboxylic acids is 1. The second-order valence-corrected chi connectivity index (χ2v) is 12.4. The van der Waals surface area contributed by atoms with Crippen molar-refractivity contribution in [2.45, 2.75) is 56.7 Å². The van der Waals surface area contributed by atoms with Crippen LogP contribution in [0.15, 0.2) is 4.79 Å². The van der Waals surface area contributed by atoms with Crippen molar-refractivity contribution in [1.82, 2.24) is 19.6 Å². The number of aryl methyl sites for hydroxylation is 2. The van der Waals surface area contributed by atoms with Crippen molar-refractivity contribution >= 4 is 49.2 Å². The number of carbonyl (C=O) groups is 1. The van der Waals surface area contributed by atoms with Crippen LogP contribution in [-0.4, -0.2) is 59.7 Å². The zero-order valence-corrected chi connectivity index (χ0v) is 20.1. The normalized spacial score (nSPS) is 20.0. The number of thiophene rings is 1. The smallest absolute Gasteiger partial charge is 0.259 e. The molecular formula is C20H28N4O4S3. The van der Waals surface area contributed by atoms with Gasteiger partial charge in [0.15, 0.2) is 0 Å². The summed E-state index contributed by atoms with van der Waals surface area (Å²) >= 11 is 3.20. The van der Waals surface area contributed by atoms with E-state index in [1.54, 1.807) is 23.1 Å². The minimum absolute atomic E-state index is 0.0505. The highest BCUT2D eigenvalue weighted by molar-refractivity contribution is 7.98. The van der Waals surface area contributed by atoms with Crippen LogP contribution in [0.2, 0.25) is 0 Å². The molecule has 31 heavy (non-hydrogen) atoms. The Morgan fingerprint density at radius 1 is 1.32 bits per heavy atom. The number of rotatable bonds is 7. The molecule has 170 valence electrons. The van der Waals surface area contributed by atoms with Gasteiger partial charge in [-0.2, -0.15) is 11.8 Å². The van der Waals surface area contributed by atoms with E-state index in [1.165, 1.54) is 27.4 Å². The molecule has 2 aliphatic rings. The van der Waals surface area contributed by atoms with Crippen LogP contribution in [0.5, 0.6) is 0 Å². The number of aromatic nitrogens is 2. The highest BCUT2D eigenvalue weighted by atomic mass is 32.2. The molecule has 8 nitrogen and oxygen atoms in total. The Balaban J connectivity index is 1.26. The maximum atomic E-state index is 12.6. The molecule has 3 heterocycles. The molecule has 2 aromatic heterocycles. The van der Waals surface area contributed by atoms with Gasteiger partial charge in [0.25, 0.3) is 5.56 Å². The van der Waals surface area contributed by atoms with Crippen molar-refractivity contribution < 1.29 is 13.2 Å². The first-order chi connectivity index (χ1) is 14.8. The van der Waals surface area contributed by atoms with Crippen LogP contribution >= 0.6 is 23.1 Å². The summed E-state index contributed by atoms with van der Waals surface area (Å²) in [6.45, 7) is 0.859. The SMILES string of the molecule is CS(=O)(=O)N1CCCC(NC(=O)CCSCc2nc3sc4c(c3c(=O)[nH]2)CCCC4)C1. The monoisotopic (exact) mass is 484 g/mol. The molecule has 0 radical (unpaired) electrons. The summed E-state index contributed by atoms with van der Waals surface area (Å²) in [5, 5.41) is 3.72. The van der Waals surface area contributed by atoms with Gasteiger partial charge in [0.1, 0.15) is 10.7 Å². The van der Waals surface area contributed by atoms with Crippen molar-refractivity contribution in [3.05, 3.63) is 26.6 Å². The van der Waals surface area contributed by atoms with E-state index in [1.807, 2.05) is 0 Å². The molecule has 0 spiro atoms. The van der Waals surface area contributed by atoms with Crippen molar-refractivity contribution in [2.24, 2.45) is 0 Å². The van der Waals surface area contributed by atoms with E-state index >= 15 is 0 Å². The number of nitrogens with zero attached hydrogens (tertiary/aromatic N) is 2. The number of fused-ring (bicyclic) bond motifs is 3. The first-order valence-corrected chi connectivity index (χ1v) is 14.5. The van der Waals surface area contributed by atoms with Gasteiger partial charge >= 0.3 is 0 Å². The van der Waals surface area contributed by atoms with Crippen LogP contribution in [-0.2, 0) is 33.4 Å². The molecule has 1 amide bonds. The second-order valence-electron chi connectivity index (χ2n) is 8.23. The van der Waals surface area contributed by atoms with Gasteiger partial charge in [-0.05, 0) is 44.1 Å². The molecule has 11 heteroatoms. The quantitative estimate of drug-likeness (QED) is 0.582. The molecule has 0 aromatic carbocycles. The highest BCUT2D eigenvalue weighted by Crippen LogP contribution is 2.33. The fourth-order valence-corrected chi connectivity index (χ4v) is 7.27. The lowest BCUT2D eigenvalue weighted by Crippen LogP contribution is -2.49. The van der Waals surface area contributed by atoms with Gasteiger partial charge in [-0.15, -0.1) is 11.3 Å². The summed E-state index contributed by atoms with van der Waals surface area (Å²) in [5.41, 5.74) is 1.14. The topological polar surface area (TPSA) is 112 Å². The summed E-state index contributed by atoms with van der Waals surface area (Å²) in [7, 11) is -3.22. The van der Waals surface area contributed by atoms with E-state index in [9.17, 15) is 18.0 Å². The van der Waals surface area contributed by atoms with E-state index in [0.717, 1.165) is 42.3 Å². The fraction of sp³-hybridized carbons (Fsp3) is 0.650. The number of aromatic amines is 1. The van der Waals surface area contributed by atoms with Gasteiger partial charge in [0, 0.05) is 36.2 Å². The minimum atomic E-state index is -3.22. The number of hydrogen-bond acceptors (Lipinski definition) is 7. The Hall–Kier alpha value is -1.43. The zero-order valence-electron chi connectivity index (χ0n) is 17.6. The molecule has 1 saturated heterocycles. The number of thioether (sulfide) groups is 1. The molecule has 1 fully saturated rings. The van der Waals surface area contributed by atoms with Crippen molar-refractivity contribution in [3.63, 3.8) is 0 Å². The fourth-order valence-electron chi connectivity index (χ4n) is 4.27. The lowest BCUT2D eigenvalue weighted by atomic mass is 9.97. The third-order valence-corrected chi connectivity index (χ3v) is 9.23. The lowest BCUT2D eigenvalue weighted by Gasteiger charge is -2.31. The second kappa shape index (κ2) is 9.60. The average Bonchev–Trinajstić information content (AvgIpc) is 3.09. The third kappa shape index (κ3) is 5.50. The Morgan fingerprint density at radius 2 is 2.13 bits per heavy atom. The van der Waals surface area contributed by atoms with Gasteiger partial charge < -0.3 is 10.3 Å². The van der Waals surface area contributed by atoms with E-state index in [-0.39, 0.29) is 17.5 Å². The Labute approximate surface area is 190 Å². The first-order valence-electron chi connectivity index (χ1n) is 10.7. The van der Waals surface area contributed by atoms with E-state index < -0.39 is 10.0 Å². The van der Waals surface area contributed by atoms with Crippen molar-refractivity contribution in [2.75, 3.05) is 25.1 Å². The van der Waals surface area contributed by atoms with Gasteiger partial charge in [0.2, 0.25) is 15.9 Å². The van der Waals surface area contributed by atoms with Gasteiger partial charge in [-0.3, -0.25) is 9.59 Å². The lowest BCUT2D eigenvalue weighted by molar-refractivity contribution is -0.121. The molecule has 1 aliphatic heterocycles. The van der Waals surface area contributed by atoms with Crippen LogP contribution in [0.4, 0.5) is 0 Å². The highest BCUT2D eigenvalue weighted by Gasteiger charge is 2.26. The zero-order chi connectivity index (χ0) is 22.0. The van der Waals surface area contributed by atoms with Crippen LogP contribution in [0, 0.1) is 0 Å². The molecule has 1 unspecified atom stereocenters. The summed E-state index contributed by atoms with van der Waals surface area (Å²) < 4.78 is 24.8. The van der Waals surface area contributed by atoms with Gasteiger partial charge in [-0.1, -0.05) is 0 Å². The predicted octanol–water partition coefficient (Wildman–Crippen LogP) is 2.03. The van der Waals surface area contributed by atoms with Crippen molar-refractivity contribution in [3.8, 4) is 0 Å². The number of sulfonamides is 1. The Morgan fingerprint density at radius 3 is 2.94 bits per heavy atom. The maximum Gasteiger partial charge on any atom is 0.259 e. The Bertz CT molecular complexity index is 1130. The number of nitrogens with one attached hydrogen (secondary N) is 2. The molecule has 4 rings (SSSR count). The van der Waals surface area contributed by atoms with Gasteiger partial charge in [-0.25, -0.2) is 17.7 Å². The van der Waals surface area contributed by atoms with Crippen LogP contribution in [0.1, 0.15) is 48.4 Å². The van der Waals surface area contributed by atoms with Crippen LogP contribution in [0.3, 0.4) is 0 Å². The third-order valence-electron chi connectivity index (χ3n) is 5.80. The number of amides is 1. The maximum absolute atomic E-state index is 12.6. The first kappa shape index (κ1) is 22.8. The molecule has 1 aliphatic carbocycles. The molecule has 0 bridgehead atoms. The van der Waals surface area contributed by atoms with Gasteiger partial charge in [0.05, 0.1) is 17.4 Å². The average molecular weight is 485 g/mol. The summed E-state index contributed by atoms with van der Waals surface area (Å²) in [6.07, 6.45) is 7.40. The summed E-state index contributed by atoms with van der Waals surface area (Å²) in [4.78, 5) is 34.6. The molecule has 0 saturated carbocycles. The standard InChI is InChI=1S/C20H28N4O4S3/c1-31(27,28)24-9-4-5-13(11-24)21-17(25)8-10-29-12-16-22-19(26)18-14-6-2-3-7-15(14)30-20(18)23-16/h13H,2-12H2,1H3,(H,21,25)(H,22,23,26). The van der Waals surface area contributed by atoms with E-state index in [4.69, 9.17) is 0 Å². The van der Waals surface area contributed by atoms with E-state index in [2.05, 4.69) is 15.3 Å². The largest absolute Gasteiger partial charge is 0.352 e. The summed E-state index contributed by atoms with van der Waals surface area (Å²) in [5.74, 6) is 1.73. The molecular weight excluding hydrogens is 456 g/mol. The van der Waals surface area contributed by atoms with Crippen LogP contribution in [0.25, 0.3) is 10.2 Å². The molecule has 2 N–H and O–H groups in total. The number of hydrogen-bond donors (Lipinski definition) is 2. The van der Waals surface area contributed by atoms with Crippen LogP contribution < -0.4 is 10.9 Å². The molecule has 1 atom stereocenters. The number of piperidine rings is 1. The molecule has 2 aromatic rings. The van der Waals surface area contributed by atoms with E-state index in [0.29, 0.717) is 36.8 Å². The van der Waals surface area contributed by atoms with Crippen molar-refractivity contribution in [1.29, 1.82) is 0 Å². The Kier molecular flexibility index (Phi) is 7.04. The number of H-pyrrole nitrogens is 1.